The lowest BCUT2D eigenvalue weighted by molar-refractivity contribution is -0.123. The van der Waals surface area contributed by atoms with E-state index in [0.717, 1.165) is 37.0 Å². The number of aromatic nitrogens is 2. The van der Waals surface area contributed by atoms with E-state index in [1.165, 1.54) is 31.2 Å². The molecule has 6 heteroatoms. The molecule has 1 amide bonds. The molecular weight excluding hydrogens is 400 g/mol. The van der Waals surface area contributed by atoms with Crippen LogP contribution in [0.15, 0.2) is 59.4 Å². The fourth-order valence-corrected chi connectivity index (χ4v) is 5.62. The largest absolute Gasteiger partial charge is 0.348 e. The van der Waals surface area contributed by atoms with E-state index in [4.69, 9.17) is 0 Å². The summed E-state index contributed by atoms with van der Waals surface area (Å²) in [4.78, 5) is 30.7. The van der Waals surface area contributed by atoms with Gasteiger partial charge in [-0.2, -0.15) is 0 Å². The number of nitrogens with zero attached hydrogens (tertiary/aromatic N) is 2. The summed E-state index contributed by atoms with van der Waals surface area (Å²) in [6.07, 6.45) is 6.63. The van der Waals surface area contributed by atoms with E-state index < -0.39 is 0 Å². The van der Waals surface area contributed by atoms with E-state index >= 15 is 0 Å². The molecule has 0 radical (unpaired) electrons. The molecule has 2 fully saturated rings. The minimum atomic E-state index is -0.0374. The number of piperidine rings is 1. The van der Waals surface area contributed by atoms with Crippen molar-refractivity contribution in [1.29, 1.82) is 0 Å². The number of hydrogen-bond acceptors (Lipinski definition) is 3. The van der Waals surface area contributed by atoms with Crippen LogP contribution in [0.3, 0.4) is 0 Å². The smallest absolute Gasteiger partial charge is 0.326 e. The third kappa shape index (κ3) is 4.37. The fourth-order valence-electron chi connectivity index (χ4n) is 5.62. The van der Waals surface area contributed by atoms with Crippen LogP contribution in [0.5, 0.6) is 0 Å². The third-order valence-electron chi connectivity index (χ3n) is 7.26. The molecule has 1 saturated heterocycles. The Balaban J connectivity index is 1.20. The average Bonchev–Trinajstić information content (AvgIpc) is 3.46. The van der Waals surface area contributed by atoms with E-state index in [9.17, 15) is 9.59 Å². The molecule has 5 rings (SSSR count). The summed E-state index contributed by atoms with van der Waals surface area (Å²) in [5.74, 6) is 0.634. The minimum absolute atomic E-state index is 0.0374. The third-order valence-corrected chi connectivity index (χ3v) is 7.26. The van der Waals surface area contributed by atoms with Crippen molar-refractivity contribution in [3.63, 3.8) is 0 Å². The van der Waals surface area contributed by atoms with Gasteiger partial charge in [0.05, 0.1) is 23.6 Å². The number of amides is 1. The number of carbonyl (C=O) groups excluding carboxylic acids is 1. The van der Waals surface area contributed by atoms with Gasteiger partial charge in [-0.15, -0.1) is 0 Å². The molecular formula is C26H32N4O2. The predicted molar refractivity (Wildman–Crippen MR) is 127 cm³/mol. The molecule has 1 atom stereocenters. The lowest BCUT2D eigenvalue weighted by Gasteiger charge is -2.33. The first-order chi connectivity index (χ1) is 15.7. The van der Waals surface area contributed by atoms with Gasteiger partial charge >= 0.3 is 5.69 Å². The van der Waals surface area contributed by atoms with E-state index in [1.807, 2.05) is 34.9 Å². The zero-order valence-electron chi connectivity index (χ0n) is 18.5. The monoisotopic (exact) mass is 432 g/mol. The summed E-state index contributed by atoms with van der Waals surface area (Å²) < 4.78 is 1.90. The molecule has 168 valence electrons. The molecule has 2 N–H and O–H groups in total. The molecule has 2 heterocycles. The Hall–Kier alpha value is -2.86. The molecule has 0 bridgehead atoms. The first-order valence-electron chi connectivity index (χ1n) is 11.9. The number of aromatic amines is 1. The van der Waals surface area contributed by atoms with Gasteiger partial charge in [0.1, 0.15) is 0 Å². The Bertz CT molecular complexity index is 1110. The molecule has 3 aromatic rings. The van der Waals surface area contributed by atoms with Crippen LogP contribution < -0.4 is 11.0 Å². The topological polar surface area (TPSA) is 70.1 Å². The van der Waals surface area contributed by atoms with Gasteiger partial charge in [-0.05, 0) is 49.3 Å². The summed E-state index contributed by atoms with van der Waals surface area (Å²) in [5, 5.41) is 3.35. The molecule has 32 heavy (non-hydrogen) atoms. The van der Waals surface area contributed by atoms with Crippen LogP contribution in [0, 0.1) is 5.92 Å². The summed E-state index contributed by atoms with van der Waals surface area (Å²) >= 11 is 0. The maximum absolute atomic E-state index is 13.0. The normalized spacial score (nSPS) is 19.4. The summed E-state index contributed by atoms with van der Waals surface area (Å²) in [6, 6.07) is 18.5. The Morgan fingerprint density at radius 1 is 0.969 bits per heavy atom. The molecule has 1 saturated carbocycles. The van der Waals surface area contributed by atoms with Crippen molar-refractivity contribution in [2.75, 3.05) is 19.6 Å². The first-order valence-corrected chi connectivity index (χ1v) is 11.9. The van der Waals surface area contributed by atoms with Crippen molar-refractivity contribution in [3.8, 4) is 0 Å². The van der Waals surface area contributed by atoms with Gasteiger partial charge in [-0.3, -0.25) is 14.3 Å². The van der Waals surface area contributed by atoms with Crippen LogP contribution in [0.2, 0.25) is 0 Å². The number of nitrogens with one attached hydrogen (secondary N) is 2. The molecule has 1 aromatic heterocycles. The second-order valence-corrected chi connectivity index (χ2v) is 9.33. The number of hydrogen-bond donors (Lipinski definition) is 2. The Kier molecular flexibility index (Phi) is 6.12. The maximum atomic E-state index is 13.0. The lowest BCUT2D eigenvalue weighted by Crippen LogP contribution is -2.44. The second-order valence-electron chi connectivity index (χ2n) is 9.33. The number of carbonyl (C=O) groups is 1. The Morgan fingerprint density at radius 3 is 2.41 bits per heavy atom. The Labute approximate surface area is 188 Å². The number of H-pyrrole nitrogens is 1. The molecule has 1 aliphatic carbocycles. The van der Waals surface area contributed by atoms with Crippen LogP contribution in [0.25, 0.3) is 11.0 Å². The summed E-state index contributed by atoms with van der Waals surface area (Å²) in [6.45, 7) is 2.07. The SMILES string of the molecule is O=C(CN1CCC(n2c(=O)[nH]c3ccccc32)CC1)NC(c1ccccc1)C1CCCC1. The average molecular weight is 433 g/mol. The number of fused-ring (bicyclic) bond motifs is 1. The van der Waals surface area contributed by atoms with Crippen LogP contribution in [-0.2, 0) is 4.79 Å². The van der Waals surface area contributed by atoms with Gasteiger partial charge in [0.2, 0.25) is 5.91 Å². The minimum Gasteiger partial charge on any atom is -0.348 e. The van der Waals surface area contributed by atoms with Crippen molar-refractivity contribution < 1.29 is 4.79 Å². The molecule has 1 unspecified atom stereocenters. The first kappa shape index (κ1) is 21.0. The highest BCUT2D eigenvalue weighted by atomic mass is 16.2. The lowest BCUT2D eigenvalue weighted by atomic mass is 9.91. The van der Waals surface area contributed by atoms with Crippen molar-refractivity contribution >= 4 is 16.9 Å². The van der Waals surface area contributed by atoms with Crippen molar-refractivity contribution in [2.24, 2.45) is 5.92 Å². The van der Waals surface area contributed by atoms with Gasteiger partial charge < -0.3 is 10.3 Å². The number of rotatable bonds is 6. The van der Waals surface area contributed by atoms with Gasteiger partial charge in [-0.1, -0.05) is 55.3 Å². The van der Waals surface area contributed by atoms with E-state index in [-0.39, 0.29) is 23.7 Å². The zero-order valence-corrected chi connectivity index (χ0v) is 18.5. The van der Waals surface area contributed by atoms with Crippen LogP contribution in [-0.4, -0.2) is 40.0 Å². The summed E-state index contributed by atoms with van der Waals surface area (Å²) in [5.41, 5.74) is 3.03. The molecule has 1 aliphatic heterocycles. The fraction of sp³-hybridized carbons (Fsp3) is 0.462. The van der Waals surface area contributed by atoms with Gasteiger partial charge in [0.15, 0.2) is 0 Å². The zero-order chi connectivity index (χ0) is 21.9. The van der Waals surface area contributed by atoms with Crippen molar-refractivity contribution in [1.82, 2.24) is 19.8 Å². The summed E-state index contributed by atoms with van der Waals surface area (Å²) in [7, 11) is 0. The number of imidazole rings is 1. The highest BCUT2D eigenvalue weighted by molar-refractivity contribution is 5.78. The van der Waals surface area contributed by atoms with E-state index in [1.54, 1.807) is 0 Å². The van der Waals surface area contributed by atoms with Gasteiger partial charge in [-0.25, -0.2) is 4.79 Å². The van der Waals surface area contributed by atoms with E-state index in [0.29, 0.717) is 12.5 Å². The van der Waals surface area contributed by atoms with Gasteiger partial charge in [0, 0.05) is 19.1 Å². The number of para-hydroxylation sites is 2. The molecule has 6 nitrogen and oxygen atoms in total. The molecule has 2 aliphatic rings. The van der Waals surface area contributed by atoms with Gasteiger partial charge in [0.25, 0.3) is 0 Å². The number of benzene rings is 2. The van der Waals surface area contributed by atoms with Crippen molar-refractivity contribution in [2.45, 2.75) is 50.6 Å². The van der Waals surface area contributed by atoms with Crippen LogP contribution in [0.1, 0.15) is 56.2 Å². The molecule has 2 aromatic carbocycles. The molecule has 0 spiro atoms. The number of likely N-dealkylation sites (tertiary alicyclic amines) is 1. The predicted octanol–water partition coefficient (Wildman–Crippen LogP) is 4.01. The Morgan fingerprint density at radius 2 is 1.66 bits per heavy atom. The van der Waals surface area contributed by atoms with Crippen LogP contribution >= 0.6 is 0 Å². The van der Waals surface area contributed by atoms with E-state index in [2.05, 4.69) is 39.5 Å². The van der Waals surface area contributed by atoms with Crippen LogP contribution in [0.4, 0.5) is 0 Å². The van der Waals surface area contributed by atoms with Crippen molar-refractivity contribution in [3.05, 3.63) is 70.6 Å². The standard InChI is InChI=1S/C26H32N4O2/c31-24(28-25(20-10-4-5-11-20)19-8-2-1-3-9-19)18-29-16-14-21(15-17-29)30-23-13-7-6-12-22(23)27-26(30)32/h1-3,6-9,12-13,20-21,25H,4-5,10-11,14-18H2,(H,27,32)(H,28,31). The quantitative estimate of drug-likeness (QED) is 0.618. The maximum Gasteiger partial charge on any atom is 0.326 e. The highest BCUT2D eigenvalue weighted by Gasteiger charge is 2.29. The second kappa shape index (κ2) is 9.33. The highest BCUT2D eigenvalue weighted by Crippen LogP contribution is 2.35.